The van der Waals surface area contributed by atoms with E-state index in [1.807, 2.05) is 12.1 Å². The molecule has 1 aromatic carbocycles. The monoisotopic (exact) mass is 390 g/mol. The Balaban J connectivity index is 1.36. The number of thiophene rings is 1. The third-order valence-electron chi connectivity index (χ3n) is 5.36. The van der Waals surface area contributed by atoms with Crippen molar-refractivity contribution >= 4 is 27.3 Å². The van der Waals surface area contributed by atoms with Crippen LogP contribution in [0.5, 0.6) is 0 Å². The van der Waals surface area contributed by atoms with Crippen LogP contribution in [0.15, 0.2) is 46.0 Å². The average molecular weight is 391 g/mol. The van der Waals surface area contributed by atoms with Crippen LogP contribution in [0.3, 0.4) is 0 Å². The summed E-state index contributed by atoms with van der Waals surface area (Å²) in [5.41, 5.74) is 2.54. The Labute approximate surface area is 158 Å². The average Bonchev–Trinajstić information content (AvgIpc) is 3.33. The van der Waals surface area contributed by atoms with Gasteiger partial charge >= 0.3 is 0 Å². The van der Waals surface area contributed by atoms with Crippen LogP contribution in [0.4, 0.5) is 0 Å². The molecule has 138 valence electrons. The maximum Gasteiger partial charge on any atom is 0.252 e. The fourth-order valence-corrected chi connectivity index (χ4v) is 6.51. The predicted molar refractivity (Wildman–Crippen MR) is 101 cm³/mol. The van der Waals surface area contributed by atoms with Gasteiger partial charge in [-0.2, -0.15) is 4.31 Å². The Kier molecular flexibility index (Phi) is 4.86. The molecule has 26 heavy (non-hydrogen) atoms. The Morgan fingerprint density at radius 3 is 2.58 bits per heavy atom. The second kappa shape index (κ2) is 7.13. The molecule has 5 nitrogen and oxygen atoms in total. The minimum absolute atomic E-state index is 0.0554. The summed E-state index contributed by atoms with van der Waals surface area (Å²) in [6.07, 6.45) is 3.09. The number of nitrogens with one attached hydrogen (secondary N) is 1. The molecular formula is C19H22N2O3S2. The molecule has 0 spiro atoms. The van der Waals surface area contributed by atoms with Crippen LogP contribution >= 0.6 is 11.3 Å². The van der Waals surface area contributed by atoms with Crippen molar-refractivity contribution in [2.45, 2.75) is 35.9 Å². The summed E-state index contributed by atoms with van der Waals surface area (Å²) in [7, 11) is -3.41. The molecule has 1 amide bonds. The summed E-state index contributed by atoms with van der Waals surface area (Å²) in [5, 5.41) is 4.95. The molecule has 0 bridgehead atoms. The van der Waals surface area contributed by atoms with Gasteiger partial charge in [-0.3, -0.25) is 4.79 Å². The molecule has 1 aliphatic heterocycles. The van der Waals surface area contributed by atoms with Crippen molar-refractivity contribution in [1.82, 2.24) is 9.62 Å². The maximum absolute atomic E-state index is 12.7. The number of carbonyl (C=O) groups excluding carboxylic acids is 1. The molecule has 2 aliphatic rings. The molecule has 2 aromatic rings. The first-order chi connectivity index (χ1) is 12.6. The zero-order chi connectivity index (χ0) is 18.1. The second-order valence-corrected chi connectivity index (χ2v) is 10.0. The number of rotatable bonds is 4. The highest BCUT2D eigenvalue weighted by molar-refractivity contribution is 7.91. The second-order valence-electron chi connectivity index (χ2n) is 6.91. The SMILES string of the molecule is O=C(NC1CCc2ccccc21)C1CCN(S(=O)(=O)c2cccs2)CC1. The number of benzene rings is 1. The van der Waals surface area contributed by atoms with Crippen molar-refractivity contribution in [2.24, 2.45) is 5.92 Å². The normalized spacial score (nSPS) is 21.5. The molecule has 1 aromatic heterocycles. The third-order valence-corrected chi connectivity index (χ3v) is 8.63. The number of piperidine rings is 1. The number of aryl methyl sites for hydroxylation is 1. The smallest absolute Gasteiger partial charge is 0.252 e. The molecule has 0 radical (unpaired) electrons. The molecule has 1 aliphatic carbocycles. The minimum Gasteiger partial charge on any atom is -0.349 e. The number of carbonyl (C=O) groups is 1. The van der Waals surface area contributed by atoms with Gasteiger partial charge in [-0.05, 0) is 48.3 Å². The molecule has 1 N–H and O–H groups in total. The van der Waals surface area contributed by atoms with Crippen molar-refractivity contribution in [3.63, 3.8) is 0 Å². The third kappa shape index (κ3) is 3.31. The van der Waals surface area contributed by atoms with E-state index >= 15 is 0 Å². The molecule has 1 unspecified atom stereocenters. The van der Waals surface area contributed by atoms with Crippen LogP contribution < -0.4 is 5.32 Å². The summed E-state index contributed by atoms with van der Waals surface area (Å²) < 4.78 is 27.0. The Bertz CT molecular complexity index is 885. The number of sulfonamides is 1. The van der Waals surface area contributed by atoms with Gasteiger partial charge < -0.3 is 5.32 Å². The van der Waals surface area contributed by atoms with Gasteiger partial charge in [0.15, 0.2) is 0 Å². The van der Waals surface area contributed by atoms with Crippen molar-refractivity contribution in [3.8, 4) is 0 Å². The van der Waals surface area contributed by atoms with Crippen molar-refractivity contribution in [1.29, 1.82) is 0 Å². The first-order valence-electron chi connectivity index (χ1n) is 8.97. The Hall–Kier alpha value is -1.70. The van der Waals surface area contributed by atoms with Gasteiger partial charge in [0, 0.05) is 19.0 Å². The van der Waals surface area contributed by atoms with Crippen molar-refractivity contribution in [2.75, 3.05) is 13.1 Å². The predicted octanol–water partition coefficient (Wildman–Crippen LogP) is 2.95. The topological polar surface area (TPSA) is 66.5 Å². The lowest BCUT2D eigenvalue weighted by Gasteiger charge is -2.30. The largest absolute Gasteiger partial charge is 0.349 e. The minimum atomic E-state index is -3.41. The quantitative estimate of drug-likeness (QED) is 0.873. The van der Waals surface area contributed by atoms with Crippen LogP contribution in [-0.4, -0.2) is 31.7 Å². The molecule has 2 heterocycles. The first-order valence-corrected chi connectivity index (χ1v) is 11.3. The highest BCUT2D eigenvalue weighted by Crippen LogP contribution is 2.32. The number of fused-ring (bicyclic) bond motifs is 1. The van der Waals surface area contributed by atoms with Gasteiger partial charge in [0.1, 0.15) is 4.21 Å². The number of hydrogen-bond donors (Lipinski definition) is 1. The van der Waals surface area contributed by atoms with E-state index in [1.165, 1.54) is 26.8 Å². The summed E-state index contributed by atoms with van der Waals surface area (Å²) >= 11 is 1.24. The van der Waals surface area contributed by atoms with Gasteiger partial charge in [-0.25, -0.2) is 8.42 Å². The summed E-state index contributed by atoms with van der Waals surface area (Å²) in [5.74, 6) is -0.0579. The maximum atomic E-state index is 12.7. The van der Waals surface area contributed by atoms with E-state index in [4.69, 9.17) is 0 Å². The first kappa shape index (κ1) is 17.7. The van der Waals surface area contributed by atoms with Gasteiger partial charge in [-0.15, -0.1) is 11.3 Å². The summed E-state index contributed by atoms with van der Waals surface area (Å²) in [4.78, 5) is 12.7. The number of nitrogens with zero attached hydrogens (tertiary/aromatic N) is 1. The van der Waals surface area contributed by atoms with Gasteiger partial charge in [0.2, 0.25) is 5.91 Å². The lowest BCUT2D eigenvalue weighted by atomic mass is 9.96. The van der Waals surface area contributed by atoms with Crippen molar-refractivity contribution in [3.05, 3.63) is 52.9 Å². The van der Waals surface area contributed by atoms with E-state index < -0.39 is 10.0 Å². The fraction of sp³-hybridized carbons (Fsp3) is 0.421. The van der Waals surface area contributed by atoms with Crippen LogP contribution in [0.2, 0.25) is 0 Å². The molecule has 1 fully saturated rings. The van der Waals surface area contributed by atoms with Crippen LogP contribution in [0.25, 0.3) is 0 Å². The highest BCUT2D eigenvalue weighted by Gasteiger charge is 2.34. The zero-order valence-corrected chi connectivity index (χ0v) is 16.1. The van der Waals surface area contributed by atoms with E-state index in [1.54, 1.807) is 17.5 Å². The van der Waals surface area contributed by atoms with Crippen LogP contribution in [-0.2, 0) is 21.2 Å². The molecule has 7 heteroatoms. The molecule has 0 saturated carbocycles. The highest BCUT2D eigenvalue weighted by atomic mass is 32.2. The zero-order valence-electron chi connectivity index (χ0n) is 14.4. The van der Waals surface area contributed by atoms with Gasteiger partial charge in [-0.1, -0.05) is 30.3 Å². The lowest BCUT2D eigenvalue weighted by Crippen LogP contribution is -2.43. The Morgan fingerprint density at radius 2 is 1.85 bits per heavy atom. The van der Waals surface area contributed by atoms with Gasteiger partial charge in [0.25, 0.3) is 10.0 Å². The Morgan fingerprint density at radius 1 is 1.08 bits per heavy atom. The standard InChI is InChI=1S/C19H22N2O3S2/c22-19(20-17-8-7-14-4-1-2-5-16(14)17)15-9-11-21(12-10-15)26(23,24)18-6-3-13-25-18/h1-6,13,15,17H,7-12H2,(H,20,22). The molecule has 1 saturated heterocycles. The molecule has 1 atom stereocenters. The lowest BCUT2D eigenvalue weighted by molar-refractivity contribution is -0.126. The summed E-state index contributed by atoms with van der Waals surface area (Å²) in [6, 6.07) is 11.7. The number of hydrogen-bond acceptors (Lipinski definition) is 4. The summed E-state index contributed by atoms with van der Waals surface area (Å²) in [6.45, 7) is 0.805. The van der Waals surface area contributed by atoms with E-state index in [0.29, 0.717) is 30.1 Å². The van der Waals surface area contributed by atoms with Crippen LogP contribution in [0.1, 0.15) is 36.4 Å². The molecule has 4 rings (SSSR count). The van der Waals surface area contributed by atoms with E-state index in [9.17, 15) is 13.2 Å². The van der Waals surface area contributed by atoms with Crippen molar-refractivity contribution < 1.29 is 13.2 Å². The van der Waals surface area contributed by atoms with E-state index in [2.05, 4.69) is 17.4 Å². The van der Waals surface area contributed by atoms with E-state index in [0.717, 1.165) is 12.8 Å². The molecular weight excluding hydrogens is 368 g/mol. The van der Waals surface area contributed by atoms with Gasteiger partial charge in [0.05, 0.1) is 6.04 Å². The fourth-order valence-electron chi connectivity index (χ4n) is 3.89. The van der Waals surface area contributed by atoms with E-state index in [-0.39, 0.29) is 17.9 Å². The van der Waals surface area contributed by atoms with Crippen LogP contribution in [0, 0.1) is 5.92 Å². The number of amides is 1.